The first-order chi connectivity index (χ1) is 11.6. The van der Waals surface area contributed by atoms with Crippen LogP contribution in [0.15, 0.2) is 30.3 Å². The Kier molecular flexibility index (Phi) is 9.77. The van der Waals surface area contributed by atoms with Crippen LogP contribution in [0, 0.1) is 0 Å². The van der Waals surface area contributed by atoms with Gasteiger partial charge in [0.25, 0.3) is 0 Å². The number of carbonyl (C=O) groups is 2. The molecular formula is C19H31N3O2. The predicted molar refractivity (Wildman–Crippen MR) is 97.6 cm³/mol. The zero-order chi connectivity index (χ0) is 17.8. The summed E-state index contributed by atoms with van der Waals surface area (Å²) in [6.45, 7) is 9.84. The van der Waals surface area contributed by atoms with Crippen LogP contribution in [0.1, 0.15) is 51.6 Å². The SMILES string of the molecule is CCCN(CCC)CCCNC(=O)C(=O)N[C@H](C)c1ccccc1. The molecule has 0 unspecified atom stereocenters. The third kappa shape index (κ3) is 7.59. The summed E-state index contributed by atoms with van der Waals surface area (Å²) in [6, 6.07) is 9.42. The highest BCUT2D eigenvalue weighted by atomic mass is 16.2. The fraction of sp³-hybridized carbons (Fsp3) is 0.579. The average molecular weight is 333 g/mol. The van der Waals surface area contributed by atoms with Gasteiger partial charge in [-0.2, -0.15) is 0 Å². The fourth-order valence-electron chi connectivity index (χ4n) is 2.64. The molecule has 1 rings (SSSR count). The van der Waals surface area contributed by atoms with Crippen LogP contribution in [0.25, 0.3) is 0 Å². The zero-order valence-electron chi connectivity index (χ0n) is 15.2. The first-order valence-electron chi connectivity index (χ1n) is 8.94. The minimum atomic E-state index is -0.578. The maximum absolute atomic E-state index is 11.9. The number of rotatable bonds is 10. The molecule has 0 spiro atoms. The first kappa shape index (κ1) is 20.2. The molecule has 0 aliphatic carbocycles. The van der Waals surface area contributed by atoms with Crippen molar-refractivity contribution in [2.24, 2.45) is 0 Å². The maximum Gasteiger partial charge on any atom is 0.309 e. The number of nitrogens with one attached hydrogen (secondary N) is 2. The molecule has 0 aromatic heterocycles. The van der Waals surface area contributed by atoms with Gasteiger partial charge in [-0.05, 0) is 51.4 Å². The summed E-state index contributed by atoms with van der Waals surface area (Å²) in [6.07, 6.45) is 3.12. The summed E-state index contributed by atoms with van der Waals surface area (Å²) in [5, 5.41) is 5.43. The summed E-state index contributed by atoms with van der Waals surface area (Å²) in [4.78, 5) is 26.2. The standard InChI is InChI=1S/C19H31N3O2/c1-4-13-22(14-5-2)15-9-12-20-18(23)19(24)21-16(3)17-10-7-6-8-11-17/h6-8,10-11,16H,4-5,9,12-15H2,1-3H3,(H,20,23)(H,21,24)/t16-/m1/s1. The zero-order valence-corrected chi connectivity index (χ0v) is 15.2. The lowest BCUT2D eigenvalue weighted by atomic mass is 10.1. The van der Waals surface area contributed by atoms with Gasteiger partial charge in [-0.15, -0.1) is 0 Å². The predicted octanol–water partition coefficient (Wildman–Crippen LogP) is 2.49. The molecule has 0 radical (unpaired) electrons. The molecule has 24 heavy (non-hydrogen) atoms. The molecule has 1 aromatic rings. The molecule has 0 saturated heterocycles. The van der Waals surface area contributed by atoms with Gasteiger partial charge in [-0.3, -0.25) is 9.59 Å². The third-order valence-electron chi connectivity index (χ3n) is 3.87. The molecule has 1 aromatic carbocycles. The number of carbonyl (C=O) groups excluding carboxylic acids is 2. The Labute approximate surface area is 145 Å². The van der Waals surface area contributed by atoms with Crippen LogP contribution in [0.5, 0.6) is 0 Å². The van der Waals surface area contributed by atoms with Crippen LogP contribution < -0.4 is 10.6 Å². The van der Waals surface area contributed by atoms with Crippen molar-refractivity contribution < 1.29 is 9.59 Å². The van der Waals surface area contributed by atoms with Crippen molar-refractivity contribution in [1.29, 1.82) is 0 Å². The van der Waals surface area contributed by atoms with Crippen molar-refractivity contribution in [3.05, 3.63) is 35.9 Å². The van der Waals surface area contributed by atoms with Gasteiger partial charge < -0.3 is 15.5 Å². The lowest BCUT2D eigenvalue weighted by molar-refractivity contribution is -0.139. The number of nitrogens with zero attached hydrogens (tertiary/aromatic N) is 1. The molecule has 0 aliphatic rings. The van der Waals surface area contributed by atoms with E-state index in [1.807, 2.05) is 37.3 Å². The Balaban J connectivity index is 2.28. The van der Waals surface area contributed by atoms with Crippen LogP contribution in [0.2, 0.25) is 0 Å². The lowest BCUT2D eigenvalue weighted by Crippen LogP contribution is -2.41. The summed E-state index contributed by atoms with van der Waals surface area (Å²) < 4.78 is 0. The van der Waals surface area contributed by atoms with Gasteiger partial charge in [-0.1, -0.05) is 44.2 Å². The Morgan fingerprint density at radius 3 is 2.21 bits per heavy atom. The second-order valence-electron chi connectivity index (χ2n) is 6.06. The Morgan fingerprint density at radius 1 is 1.00 bits per heavy atom. The molecule has 2 amide bonds. The summed E-state index contributed by atoms with van der Waals surface area (Å²) in [5.74, 6) is -1.14. The lowest BCUT2D eigenvalue weighted by Gasteiger charge is -2.20. The molecule has 0 aliphatic heterocycles. The topological polar surface area (TPSA) is 61.4 Å². The number of amides is 2. The highest BCUT2D eigenvalue weighted by Gasteiger charge is 2.16. The Bertz CT molecular complexity index is 485. The monoisotopic (exact) mass is 333 g/mol. The van der Waals surface area contributed by atoms with Crippen LogP contribution in [-0.2, 0) is 9.59 Å². The van der Waals surface area contributed by atoms with Crippen molar-refractivity contribution in [2.75, 3.05) is 26.2 Å². The van der Waals surface area contributed by atoms with E-state index in [2.05, 4.69) is 29.4 Å². The van der Waals surface area contributed by atoms with Gasteiger partial charge in [0.2, 0.25) is 0 Å². The van der Waals surface area contributed by atoms with E-state index in [0.29, 0.717) is 6.54 Å². The maximum atomic E-state index is 11.9. The average Bonchev–Trinajstić information content (AvgIpc) is 2.59. The number of benzene rings is 1. The van der Waals surface area contributed by atoms with Gasteiger partial charge in [0.1, 0.15) is 0 Å². The molecule has 5 nitrogen and oxygen atoms in total. The quantitative estimate of drug-likeness (QED) is 0.511. The van der Waals surface area contributed by atoms with Gasteiger partial charge in [0, 0.05) is 6.54 Å². The van der Waals surface area contributed by atoms with E-state index in [4.69, 9.17) is 0 Å². The molecule has 0 saturated carbocycles. The molecule has 0 bridgehead atoms. The Hall–Kier alpha value is -1.88. The van der Waals surface area contributed by atoms with E-state index < -0.39 is 11.8 Å². The molecular weight excluding hydrogens is 302 g/mol. The van der Waals surface area contributed by atoms with Crippen LogP contribution >= 0.6 is 0 Å². The van der Waals surface area contributed by atoms with Gasteiger partial charge >= 0.3 is 11.8 Å². The molecule has 2 N–H and O–H groups in total. The number of hydrogen-bond acceptors (Lipinski definition) is 3. The number of hydrogen-bond donors (Lipinski definition) is 2. The van der Waals surface area contributed by atoms with E-state index in [9.17, 15) is 9.59 Å². The van der Waals surface area contributed by atoms with Crippen molar-refractivity contribution in [3.63, 3.8) is 0 Å². The van der Waals surface area contributed by atoms with E-state index in [1.54, 1.807) is 0 Å². The third-order valence-corrected chi connectivity index (χ3v) is 3.87. The summed E-state index contributed by atoms with van der Waals surface area (Å²) >= 11 is 0. The fourth-order valence-corrected chi connectivity index (χ4v) is 2.64. The Morgan fingerprint density at radius 2 is 1.62 bits per heavy atom. The summed E-state index contributed by atoms with van der Waals surface area (Å²) in [7, 11) is 0. The van der Waals surface area contributed by atoms with Crippen LogP contribution in [0.4, 0.5) is 0 Å². The van der Waals surface area contributed by atoms with Gasteiger partial charge in [-0.25, -0.2) is 0 Å². The van der Waals surface area contributed by atoms with Gasteiger partial charge in [0.05, 0.1) is 6.04 Å². The van der Waals surface area contributed by atoms with E-state index in [1.165, 1.54) is 0 Å². The van der Waals surface area contributed by atoms with Gasteiger partial charge in [0.15, 0.2) is 0 Å². The minimum absolute atomic E-state index is 0.186. The van der Waals surface area contributed by atoms with Crippen molar-refractivity contribution in [1.82, 2.24) is 15.5 Å². The highest BCUT2D eigenvalue weighted by Crippen LogP contribution is 2.10. The second kappa shape index (κ2) is 11.6. The van der Waals surface area contributed by atoms with Crippen molar-refractivity contribution in [3.8, 4) is 0 Å². The largest absolute Gasteiger partial charge is 0.348 e. The minimum Gasteiger partial charge on any atom is -0.348 e. The molecule has 134 valence electrons. The molecule has 0 fully saturated rings. The highest BCUT2D eigenvalue weighted by molar-refractivity contribution is 6.35. The van der Waals surface area contributed by atoms with Crippen LogP contribution in [-0.4, -0.2) is 42.9 Å². The van der Waals surface area contributed by atoms with E-state index >= 15 is 0 Å². The normalized spacial score (nSPS) is 12.0. The van der Waals surface area contributed by atoms with E-state index in [0.717, 1.165) is 44.5 Å². The van der Waals surface area contributed by atoms with Crippen molar-refractivity contribution in [2.45, 2.75) is 46.1 Å². The second-order valence-corrected chi connectivity index (χ2v) is 6.06. The molecule has 5 heteroatoms. The summed E-state index contributed by atoms with van der Waals surface area (Å²) in [5.41, 5.74) is 0.980. The molecule has 0 heterocycles. The van der Waals surface area contributed by atoms with E-state index in [-0.39, 0.29) is 6.04 Å². The smallest absolute Gasteiger partial charge is 0.309 e. The van der Waals surface area contributed by atoms with Crippen LogP contribution in [0.3, 0.4) is 0 Å². The first-order valence-corrected chi connectivity index (χ1v) is 8.94. The van der Waals surface area contributed by atoms with Crippen molar-refractivity contribution >= 4 is 11.8 Å². The molecule has 1 atom stereocenters.